The molecule has 3 fully saturated rings. The molecule has 2 unspecified atom stereocenters. The zero-order chi connectivity index (χ0) is 32.8. The van der Waals surface area contributed by atoms with Gasteiger partial charge in [0.25, 0.3) is 5.56 Å². The number of imidazole rings is 1. The second kappa shape index (κ2) is 12.9. The summed E-state index contributed by atoms with van der Waals surface area (Å²) in [6, 6.07) is 0.929. The number of ether oxygens (including phenoxy) is 2. The summed E-state index contributed by atoms with van der Waals surface area (Å²) >= 11 is 0. The lowest BCUT2D eigenvalue weighted by Gasteiger charge is -2.26. The van der Waals surface area contributed by atoms with Crippen LogP contribution in [-0.4, -0.2) is 93.3 Å². The standard InChI is InChI=1S/C21H25F2N7O14P2/c1-35-43-45(33)37-5-9-12(22)16(20(39-9)29-4-3-11(31)28-21(29)32)42-46(34,44-36-2)38-6-10-15(41-45)13(23)19(40-10)30-8-27-14-17(24)25-7-26-18(14)30/h3-4,7-10,12-13,15-16,19-20H,5-6H2,1-2H3,(H2,24,25,26)(H,28,31,32)/t9-,10-,12-,13-,15-,16-,19-,20-,45?,46?/m1/s1. The number of nitrogens with two attached hydrogens (primary N) is 1. The molecular formula is C21H25F2N7O14P2. The average Bonchev–Trinajstić information content (AvgIpc) is 3.66. The second-order valence-electron chi connectivity index (χ2n) is 9.73. The first-order valence-electron chi connectivity index (χ1n) is 13.1. The molecule has 3 N–H and O–H groups in total. The maximum Gasteiger partial charge on any atom is 0.502 e. The smallest absolute Gasteiger partial charge is 0.382 e. The molecule has 25 heteroatoms. The van der Waals surface area contributed by atoms with Crippen LogP contribution in [0.5, 0.6) is 0 Å². The minimum Gasteiger partial charge on any atom is -0.382 e. The summed E-state index contributed by atoms with van der Waals surface area (Å²) in [6.45, 7) is -1.83. The number of nitrogen functional groups attached to an aromatic ring is 1. The van der Waals surface area contributed by atoms with Gasteiger partial charge in [-0.15, -0.1) is 9.35 Å². The van der Waals surface area contributed by atoms with Gasteiger partial charge in [0.05, 0.1) is 33.8 Å². The van der Waals surface area contributed by atoms with Crippen LogP contribution in [0, 0.1) is 0 Å². The number of aromatic amines is 1. The maximum atomic E-state index is 16.2. The summed E-state index contributed by atoms with van der Waals surface area (Å²) in [6.07, 6.45) is -11.7. The van der Waals surface area contributed by atoms with Crippen molar-refractivity contribution in [3.63, 3.8) is 0 Å². The molecule has 0 amide bonds. The summed E-state index contributed by atoms with van der Waals surface area (Å²) in [5.41, 5.74) is 4.18. The van der Waals surface area contributed by atoms with Crippen molar-refractivity contribution >= 4 is 32.6 Å². The van der Waals surface area contributed by atoms with Gasteiger partial charge in [0.15, 0.2) is 36.3 Å². The Kier molecular flexibility index (Phi) is 9.19. The molecule has 3 aromatic heterocycles. The molecule has 0 radical (unpaired) electrons. The van der Waals surface area contributed by atoms with Crippen LogP contribution in [0.2, 0.25) is 0 Å². The molecule has 21 nitrogen and oxygen atoms in total. The van der Waals surface area contributed by atoms with E-state index in [1.807, 2.05) is 4.98 Å². The lowest BCUT2D eigenvalue weighted by Crippen LogP contribution is -2.38. The topological polar surface area (TPSA) is 251 Å². The minimum atomic E-state index is -4.99. The van der Waals surface area contributed by atoms with Crippen LogP contribution in [0.25, 0.3) is 11.2 Å². The molecule has 46 heavy (non-hydrogen) atoms. The molecule has 6 heterocycles. The zero-order valence-corrected chi connectivity index (χ0v) is 25.3. The van der Waals surface area contributed by atoms with E-state index in [0.717, 1.165) is 48.3 Å². The molecule has 3 saturated heterocycles. The number of fused-ring (bicyclic) bond motifs is 4. The number of phosphoric acid groups is 2. The molecular weight excluding hydrogens is 674 g/mol. The quantitative estimate of drug-likeness (QED) is 0.203. The predicted octanol–water partition coefficient (Wildman–Crippen LogP) is 0.619. The summed E-state index contributed by atoms with van der Waals surface area (Å²) in [4.78, 5) is 47.1. The fourth-order valence-corrected chi connectivity index (χ4v) is 7.35. The fraction of sp³-hybridized carbons (Fsp3) is 0.571. The van der Waals surface area contributed by atoms with Crippen LogP contribution in [0.3, 0.4) is 0 Å². The predicted molar refractivity (Wildman–Crippen MR) is 142 cm³/mol. The molecule has 0 spiro atoms. The van der Waals surface area contributed by atoms with Crippen LogP contribution in [0.4, 0.5) is 14.6 Å². The van der Waals surface area contributed by atoms with E-state index in [-0.39, 0.29) is 17.0 Å². The maximum absolute atomic E-state index is 16.2. The molecule has 0 saturated carbocycles. The van der Waals surface area contributed by atoms with Gasteiger partial charge in [-0.05, 0) is 0 Å². The van der Waals surface area contributed by atoms with E-state index in [0.29, 0.717) is 0 Å². The van der Waals surface area contributed by atoms with E-state index in [1.54, 1.807) is 0 Å². The highest BCUT2D eigenvalue weighted by Crippen LogP contribution is 2.58. The number of anilines is 1. The third-order valence-electron chi connectivity index (χ3n) is 6.94. The Labute approximate surface area is 254 Å². The van der Waals surface area contributed by atoms with Crippen molar-refractivity contribution in [3.05, 3.63) is 45.8 Å². The van der Waals surface area contributed by atoms with Crippen LogP contribution in [-0.2, 0) is 55.8 Å². The highest BCUT2D eigenvalue weighted by Gasteiger charge is 2.56. The van der Waals surface area contributed by atoms with Gasteiger partial charge in [-0.3, -0.25) is 37.0 Å². The molecule has 2 bridgehead atoms. The molecule has 0 aliphatic carbocycles. The Bertz CT molecular complexity index is 1790. The molecule has 3 aromatic rings. The van der Waals surface area contributed by atoms with Crippen LogP contribution < -0.4 is 17.0 Å². The van der Waals surface area contributed by atoms with Crippen molar-refractivity contribution in [3.8, 4) is 0 Å². The molecule has 10 atom stereocenters. The number of nitrogens with one attached hydrogen (secondary N) is 1. The summed E-state index contributed by atoms with van der Waals surface area (Å²) < 4.78 is 104. The first-order valence-corrected chi connectivity index (χ1v) is 16.0. The van der Waals surface area contributed by atoms with E-state index in [9.17, 15) is 18.7 Å². The normalized spacial score (nSPS) is 37.0. The van der Waals surface area contributed by atoms with Gasteiger partial charge in [-0.1, -0.05) is 0 Å². The molecule has 252 valence electrons. The Morgan fingerprint density at radius 3 is 2.24 bits per heavy atom. The van der Waals surface area contributed by atoms with Crippen molar-refractivity contribution in [2.24, 2.45) is 0 Å². The number of hydrogen-bond acceptors (Lipinski definition) is 18. The van der Waals surface area contributed by atoms with Crippen molar-refractivity contribution in [1.29, 1.82) is 0 Å². The fourth-order valence-electron chi connectivity index (χ4n) is 4.98. The number of nitrogens with zero attached hydrogens (tertiary/aromatic N) is 5. The lowest BCUT2D eigenvalue weighted by molar-refractivity contribution is -0.211. The summed E-state index contributed by atoms with van der Waals surface area (Å²) in [7, 11) is -8.06. The molecule has 0 aromatic carbocycles. The van der Waals surface area contributed by atoms with E-state index in [1.165, 1.54) is 0 Å². The summed E-state index contributed by atoms with van der Waals surface area (Å²) in [5.74, 6) is -0.00839. The number of alkyl halides is 2. The molecule has 6 rings (SSSR count). The third-order valence-corrected chi connectivity index (χ3v) is 9.54. The van der Waals surface area contributed by atoms with E-state index in [4.69, 9.17) is 42.7 Å². The second-order valence-corrected chi connectivity index (χ2v) is 12.8. The monoisotopic (exact) mass is 699 g/mol. The Morgan fingerprint density at radius 2 is 1.57 bits per heavy atom. The van der Waals surface area contributed by atoms with Gasteiger partial charge < -0.3 is 15.2 Å². The van der Waals surface area contributed by atoms with Gasteiger partial charge in [-0.25, -0.2) is 47.4 Å². The van der Waals surface area contributed by atoms with Crippen molar-refractivity contribution in [1.82, 2.24) is 29.1 Å². The van der Waals surface area contributed by atoms with Gasteiger partial charge >= 0.3 is 21.3 Å². The zero-order valence-electron chi connectivity index (χ0n) is 23.5. The van der Waals surface area contributed by atoms with Crippen LogP contribution in [0.15, 0.2) is 34.5 Å². The van der Waals surface area contributed by atoms with Gasteiger partial charge in [0, 0.05) is 12.3 Å². The Hall–Kier alpha value is -3.05. The van der Waals surface area contributed by atoms with E-state index >= 15 is 8.78 Å². The number of phosphoric ester groups is 2. The number of hydrogen-bond donors (Lipinski definition) is 2. The lowest BCUT2D eigenvalue weighted by atomic mass is 10.1. The number of rotatable bonds is 6. The largest absolute Gasteiger partial charge is 0.502 e. The van der Waals surface area contributed by atoms with Crippen LogP contribution >= 0.6 is 15.6 Å². The SMILES string of the molecule is COOP1(=O)OC[C@H]2O[C@@H](n3cnc4c(N)ncnc43)[C@H](F)[C@@H]2OP(=O)(OOC)OC[C@H]2O[C@@H](n3ccc(=O)[nH]c3=O)[C@H](O1)[C@@H]2F. The van der Waals surface area contributed by atoms with E-state index < -0.39 is 89.3 Å². The van der Waals surface area contributed by atoms with E-state index in [2.05, 4.69) is 24.7 Å². The minimum absolute atomic E-state index is 0.00839. The highest BCUT2D eigenvalue weighted by molar-refractivity contribution is 7.48. The average molecular weight is 699 g/mol. The van der Waals surface area contributed by atoms with Crippen molar-refractivity contribution < 1.29 is 64.6 Å². The van der Waals surface area contributed by atoms with Crippen molar-refractivity contribution in [2.75, 3.05) is 33.2 Å². The number of H-pyrrole nitrogens is 1. The molecule has 3 aliphatic rings. The van der Waals surface area contributed by atoms with Gasteiger partial charge in [0.1, 0.15) is 36.3 Å². The van der Waals surface area contributed by atoms with Gasteiger partial charge in [0.2, 0.25) is 0 Å². The third kappa shape index (κ3) is 6.17. The first-order chi connectivity index (χ1) is 22.0. The first kappa shape index (κ1) is 32.9. The van der Waals surface area contributed by atoms with Crippen molar-refractivity contribution in [2.45, 2.75) is 49.2 Å². The number of halogens is 2. The number of aromatic nitrogens is 6. The summed E-state index contributed by atoms with van der Waals surface area (Å²) in [5, 5.41) is 0. The Morgan fingerprint density at radius 1 is 0.913 bits per heavy atom. The Balaban J connectivity index is 1.37. The van der Waals surface area contributed by atoms with Crippen LogP contribution in [0.1, 0.15) is 12.5 Å². The van der Waals surface area contributed by atoms with Gasteiger partial charge in [-0.2, -0.15) is 0 Å². The highest BCUT2D eigenvalue weighted by atomic mass is 31.2. The molecule has 3 aliphatic heterocycles.